The second-order valence-corrected chi connectivity index (χ2v) is 6.11. The van der Waals surface area contributed by atoms with Crippen LogP contribution < -0.4 is 5.32 Å². The van der Waals surface area contributed by atoms with Crippen molar-refractivity contribution < 1.29 is 4.79 Å². The SMILES string of the molecule is O=C(/C=C/c1ccccn1)Nc1cccc(CN2CCCCC2)c1. The minimum Gasteiger partial charge on any atom is -0.323 e. The van der Waals surface area contributed by atoms with Gasteiger partial charge in [0.1, 0.15) is 0 Å². The fourth-order valence-electron chi connectivity index (χ4n) is 2.94. The molecule has 0 aliphatic carbocycles. The number of carbonyl (C=O) groups is 1. The summed E-state index contributed by atoms with van der Waals surface area (Å²) in [4.78, 5) is 18.7. The molecule has 1 N–H and O–H groups in total. The molecule has 0 unspecified atom stereocenters. The number of anilines is 1. The fourth-order valence-corrected chi connectivity index (χ4v) is 2.94. The Bertz CT molecular complexity index is 691. The van der Waals surface area contributed by atoms with Gasteiger partial charge in [-0.2, -0.15) is 0 Å². The number of pyridine rings is 1. The van der Waals surface area contributed by atoms with Gasteiger partial charge in [0, 0.05) is 24.5 Å². The van der Waals surface area contributed by atoms with Gasteiger partial charge in [-0.15, -0.1) is 0 Å². The van der Waals surface area contributed by atoms with Crippen LogP contribution in [0, 0.1) is 0 Å². The van der Waals surface area contributed by atoms with E-state index in [1.54, 1.807) is 12.3 Å². The van der Waals surface area contributed by atoms with Gasteiger partial charge in [0.25, 0.3) is 0 Å². The van der Waals surface area contributed by atoms with Gasteiger partial charge in [-0.3, -0.25) is 14.7 Å². The highest BCUT2D eigenvalue weighted by Crippen LogP contribution is 2.16. The van der Waals surface area contributed by atoms with Crippen LogP contribution in [0.5, 0.6) is 0 Å². The summed E-state index contributed by atoms with van der Waals surface area (Å²) in [6, 6.07) is 13.7. The van der Waals surface area contributed by atoms with Crippen molar-refractivity contribution in [1.82, 2.24) is 9.88 Å². The van der Waals surface area contributed by atoms with Gasteiger partial charge >= 0.3 is 0 Å². The Balaban J connectivity index is 1.57. The first-order valence-electron chi connectivity index (χ1n) is 8.51. The lowest BCUT2D eigenvalue weighted by atomic mass is 10.1. The zero-order valence-electron chi connectivity index (χ0n) is 13.8. The smallest absolute Gasteiger partial charge is 0.248 e. The van der Waals surface area contributed by atoms with E-state index in [-0.39, 0.29) is 5.91 Å². The average Bonchev–Trinajstić information content (AvgIpc) is 2.62. The summed E-state index contributed by atoms with van der Waals surface area (Å²) < 4.78 is 0. The van der Waals surface area contributed by atoms with E-state index in [1.807, 2.05) is 30.3 Å². The molecule has 0 saturated carbocycles. The van der Waals surface area contributed by atoms with Crippen molar-refractivity contribution >= 4 is 17.7 Å². The monoisotopic (exact) mass is 321 g/mol. The van der Waals surface area contributed by atoms with Gasteiger partial charge in [0.2, 0.25) is 5.91 Å². The van der Waals surface area contributed by atoms with Gasteiger partial charge in [-0.25, -0.2) is 0 Å². The first-order chi connectivity index (χ1) is 11.8. The van der Waals surface area contributed by atoms with E-state index in [0.717, 1.165) is 17.9 Å². The predicted molar refractivity (Wildman–Crippen MR) is 97.5 cm³/mol. The Morgan fingerprint density at radius 3 is 2.79 bits per heavy atom. The quantitative estimate of drug-likeness (QED) is 0.854. The van der Waals surface area contributed by atoms with Crippen LogP contribution in [-0.2, 0) is 11.3 Å². The molecule has 2 aromatic rings. The maximum atomic E-state index is 12.1. The van der Waals surface area contributed by atoms with E-state index < -0.39 is 0 Å². The summed E-state index contributed by atoms with van der Waals surface area (Å²) in [7, 11) is 0. The van der Waals surface area contributed by atoms with Crippen LogP contribution in [0.3, 0.4) is 0 Å². The lowest BCUT2D eigenvalue weighted by Gasteiger charge is -2.26. The third-order valence-corrected chi connectivity index (χ3v) is 4.14. The van der Waals surface area contributed by atoms with Gasteiger partial charge in [0.15, 0.2) is 0 Å². The Morgan fingerprint density at radius 1 is 1.12 bits per heavy atom. The molecule has 4 heteroatoms. The van der Waals surface area contributed by atoms with Crippen LogP contribution in [-0.4, -0.2) is 28.9 Å². The number of carbonyl (C=O) groups excluding carboxylic acids is 1. The van der Waals surface area contributed by atoms with Gasteiger partial charge in [0.05, 0.1) is 5.69 Å². The molecule has 0 spiro atoms. The highest BCUT2D eigenvalue weighted by Gasteiger charge is 2.10. The third kappa shape index (κ3) is 5.03. The van der Waals surface area contributed by atoms with Crippen LogP contribution in [0.15, 0.2) is 54.7 Å². The van der Waals surface area contributed by atoms with E-state index in [9.17, 15) is 4.79 Å². The first kappa shape index (κ1) is 16.4. The molecule has 1 aromatic heterocycles. The number of likely N-dealkylation sites (tertiary alicyclic amines) is 1. The van der Waals surface area contributed by atoms with E-state index >= 15 is 0 Å². The summed E-state index contributed by atoms with van der Waals surface area (Å²) in [5.74, 6) is -0.143. The fraction of sp³-hybridized carbons (Fsp3) is 0.300. The molecular formula is C20H23N3O. The number of aromatic nitrogens is 1. The number of hydrogen-bond donors (Lipinski definition) is 1. The van der Waals surface area contributed by atoms with E-state index in [4.69, 9.17) is 0 Å². The molecule has 24 heavy (non-hydrogen) atoms. The van der Waals surface area contributed by atoms with Crippen molar-refractivity contribution in [2.24, 2.45) is 0 Å². The second kappa shape index (κ2) is 8.41. The zero-order valence-corrected chi connectivity index (χ0v) is 13.8. The second-order valence-electron chi connectivity index (χ2n) is 6.11. The molecule has 1 aromatic carbocycles. The molecule has 0 radical (unpaired) electrons. The zero-order chi connectivity index (χ0) is 16.6. The Morgan fingerprint density at radius 2 is 2.00 bits per heavy atom. The van der Waals surface area contributed by atoms with Gasteiger partial charge in [-0.1, -0.05) is 24.6 Å². The number of piperidine rings is 1. The Labute approximate surface area is 143 Å². The van der Waals surface area contributed by atoms with Crippen molar-refractivity contribution in [3.8, 4) is 0 Å². The normalized spacial score (nSPS) is 15.5. The van der Waals surface area contributed by atoms with Gasteiger partial charge in [-0.05, 0) is 61.8 Å². The average molecular weight is 321 g/mol. The molecule has 1 amide bonds. The highest BCUT2D eigenvalue weighted by molar-refractivity contribution is 6.01. The van der Waals surface area contributed by atoms with Crippen LogP contribution in [0.2, 0.25) is 0 Å². The molecule has 1 saturated heterocycles. The molecule has 1 aliphatic heterocycles. The standard InChI is InChI=1S/C20H23N3O/c24-20(11-10-18-8-2-3-12-21-18)22-19-9-6-7-17(15-19)16-23-13-4-1-5-14-23/h2-3,6-12,15H,1,4-5,13-14,16H2,(H,22,24)/b11-10+. The van der Waals surface area contributed by atoms with Crippen molar-refractivity contribution in [2.45, 2.75) is 25.8 Å². The van der Waals surface area contributed by atoms with Crippen molar-refractivity contribution in [2.75, 3.05) is 18.4 Å². The number of rotatable bonds is 5. The summed E-state index contributed by atoms with van der Waals surface area (Å²) in [6.07, 6.45) is 8.85. The van der Waals surface area contributed by atoms with Crippen LogP contribution in [0.25, 0.3) is 6.08 Å². The maximum absolute atomic E-state index is 12.1. The van der Waals surface area contributed by atoms with Crippen molar-refractivity contribution in [3.63, 3.8) is 0 Å². The van der Waals surface area contributed by atoms with Crippen LogP contribution >= 0.6 is 0 Å². The van der Waals surface area contributed by atoms with Crippen molar-refractivity contribution in [1.29, 1.82) is 0 Å². The molecular weight excluding hydrogens is 298 g/mol. The molecule has 1 fully saturated rings. The minimum atomic E-state index is -0.143. The van der Waals surface area contributed by atoms with E-state index in [1.165, 1.54) is 44.0 Å². The minimum absolute atomic E-state index is 0.143. The molecule has 0 atom stereocenters. The van der Waals surface area contributed by atoms with Crippen LogP contribution in [0.4, 0.5) is 5.69 Å². The van der Waals surface area contributed by atoms with Crippen LogP contribution in [0.1, 0.15) is 30.5 Å². The Kier molecular flexibility index (Phi) is 5.75. The maximum Gasteiger partial charge on any atom is 0.248 e. The van der Waals surface area contributed by atoms with E-state index in [0.29, 0.717) is 0 Å². The molecule has 3 rings (SSSR count). The summed E-state index contributed by atoms with van der Waals surface area (Å²) in [5.41, 5.74) is 2.84. The highest BCUT2D eigenvalue weighted by atomic mass is 16.1. The van der Waals surface area contributed by atoms with Gasteiger partial charge < -0.3 is 5.32 Å². The largest absolute Gasteiger partial charge is 0.323 e. The summed E-state index contributed by atoms with van der Waals surface area (Å²) >= 11 is 0. The summed E-state index contributed by atoms with van der Waals surface area (Å²) in [6.45, 7) is 3.29. The number of amides is 1. The molecule has 4 nitrogen and oxygen atoms in total. The lowest BCUT2D eigenvalue weighted by Crippen LogP contribution is -2.29. The number of nitrogens with one attached hydrogen (secondary N) is 1. The van der Waals surface area contributed by atoms with Crippen molar-refractivity contribution in [3.05, 3.63) is 66.0 Å². The molecule has 124 valence electrons. The third-order valence-electron chi connectivity index (χ3n) is 4.14. The molecule has 0 bridgehead atoms. The summed E-state index contributed by atoms with van der Waals surface area (Å²) in [5, 5.41) is 2.92. The number of hydrogen-bond acceptors (Lipinski definition) is 3. The number of nitrogens with zero attached hydrogens (tertiary/aromatic N) is 2. The predicted octanol–water partition coefficient (Wildman–Crippen LogP) is 3.72. The lowest BCUT2D eigenvalue weighted by molar-refractivity contribution is -0.111. The number of benzene rings is 1. The molecule has 1 aliphatic rings. The molecule has 2 heterocycles. The Hall–Kier alpha value is -2.46. The van der Waals surface area contributed by atoms with E-state index in [2.05, 4.69) is 27.3 Å². The topological polar surface area (TPSA) is 45.2 Å². The first-order valence-corrected chi connectivity index (χ1v) is 8.51.